The number of fused-ring (bicyclic) bond motifs is 1. The lowest BCUT2D eigenvalue weighted by Gasteiger charge is -2.21. The van der Waals surface area contributed by atoms with Crippen LogP contribution in [0.4, 0.5) is 0 Å². The Balaban J connectivity index is 1.63. The predicted molar refractivity (Wildman–Crippen MR) is 116 cm³/mol. The molecular formula is C21H20Cl2N2O3S. The van der Waals surface area contributed by atoms with Gasteiger partial charge in [-0.2, -0.15) is 0 Å². The summed E-state index contributed by atoms with van der Waals surface area (Å²) < 4.78 is 7.20. The summed E-state index contributed by atoms with van der Waals surface area (Å²) in [4.78, 5) is 31.1. The Morgan fingerprint density at radius 3 is 2.72 bits per heavy atom. The van der Waals surface area contributed by atoms with Crippen molar-refractivity contribution in [3.8, 4) is 0 Å². The summed E-state index contributed by atoms with van der Waals surface area (Å²) in [5.74, 6) is -0.354. The Kier molecular flexibility index (Phi) is 5.95. The number of esters is 1. The van der Waals surface area contributed by atoms with Gasteiger partial charge in [0.15, 0.2) is 0 Å². The summed E-state index contributed by atoms with van der Waals surface area (Å²) in [6, 6.07) is 5.25. The van der Waals surface area contributed by atoms with E-state index in [1.165, 1.54) is 28.7 Å². The zero-order chi connectivity index (χ0) is 20.5. The summed E-state index contributed by atoms with van der Waals surface area (Å²) in [6.45, 7) is 2.10. The topological polar surface area (TPSA) is 61.2 Å². The zero-order valence-corrected chi connectivity index (χ0v) is 18.2. The summed E-state index contributed by atoms with van der Waals surface area (Å²) in [7, 11) is 0. The first-order valence-corrected chi connectivity index (χ1v) is 11.1. The molecule has 0 bridgehead atoms. The molecule has 1 aliphatic carbocycles. The molecule has 0 amide bonds. The monoisotopic (exact) mass is 450 g/mol. The van der Waals surface area contributed by atoms with E-state index in [2.05, 4.69) is 4.98 Å². The number of hydrogen-bond acceptors (Lipinski definition) is 5. The SMILES string of the molecule is Cc1c(C(=O)OC2CCCCC2)sc2ncn(Cc3ccc(Cl)c(Cl)c3)c(=O)c12. The van der Waals surface area contributed by atoms with Crippen LogP contribution in [-0.2, 0) is 11.3 Å². The van der Waals surface area contributed by atoms with Crippen LogP contribution in [0.25, 0.3) is 10.2 Å². The van der Waals surface area contributed by atoms with Crippen LogP contribution in [-0.4, -0.2) is 21.6 Å². The van der Waals surface area contributed by atoms with Crippen molar-refractivity contribution in [2.75, 3.05) is 0 Å². The molecule has 1 aromatic carbocycles. The van der Waals surface area contributed by atoms with E-state index in [0.717, 1.165) is 31.2 Å². The van der Waals surface area contributed by atoms with Gasteiger partial charge in [0.25, 0.3) is 5.56 Å². The fourth-order valence-corrected chi connectivity index (χ4v) is 5.03. The number of nitrogens with zero attached hydrogens (tertiary/aromatic N) is 2. The largest absolute Gasteiger partial charge is 0.458 e. The highest BCUT2D eigenvalue weighted by Gasteiger charge is 2.24. The van der Waals surface area contributed by atoms with Crippen LogP contribution in [0.3, 0.4) is 0 Å². The maximum atomic E-state index is 13.0. The highest BCUT2D eigenvalue weighted by molar-refractivity contribution is 7.20. The van der Waals surface area contributed by atoms with Crippen LogP contribution in [0.1, 0.15) is 52.9 Å². The van der Waals surface area contributed by atoms with E-state index in [1.54, 1.807) is 19.1 Å². The summed E-state index contributed by atoms with van der Waals surface area (Å²) >= 11 is 13.3. The Morgan fingerprint density at radius 1 is 1.24 bits per heavy atom. The van der Waals surface area contributed by atoms with Gasteiger partial charge in [-0.05, 0) is 55.9 Å². The minimum atomic E-state index is -0.354. The summed E-state index contributed by atoms with van der Waals surface area (Å²) in [5, 5.41) is 1.37. The van der Waals surface area contributed by atoms with E-state index in [-0.39, 0.29) is 17.6 Å². The van der Waals surface area contributed by atoms with E-state index in [9.17, 15) is 9.59 Å². The number of aryl methyl sites for hydroxylation is 1. The maximum Gasteiger partial charge on any atom is 0.348 e. The average molecular weight is 451 g/mol. The molecule has 5 nitrogen and oxygen atoms in total. The Bertz CT molecular complexity index is 1130. The highest BCUT2D eigenvalue weighted by Crippen LogP contribution is 2.29. The first-order valence-electron chi connectivity index (χ1n) is 9.57. The van der Waals surface area contributed by atoms with Gasteiger partial charge in [-0.25, -0.2) is 9.78 Å². The average Bonchev–Trinajstić information content (AvgIpc) is 3.05. The van der Waals surface area contributed by atoms with E-state index in [4.69, 9.17) is 27.9 Å². The first kappa shape index (κ1) is 20.4. The molecule has 2 heterocycles. The molecular weight excluding hydrogens is 431 g/mol. The van der Waals surface area contributed by atoms with Gasteiger partial charge >= 0.3 is 5.97 Å². The quantitative estimate of drug-likeness (QED) is 0.484. The van der Waals surface area contributed by atoms with Gasteiger partial charge in [0.1, 0.15) is 15.8 Å². The predicted octanol–water partition coefficient (Wildman–Crippen LogP) is 5.61. The molecule has 4 rings (SSSR count). The molecule has 1 aliphatic rings. The molecule has 0 spiro atoms. The molecule has 29 heavy (non-hydrogen) atoms. The van der Waals surface area contributed by atoms with Crippen molar-refractivity contribution in [3.63, 3.8) is 0 Å². The standard InChI is InChI=1S/C21H20Cl2N2O3S/c1-12-17-19(29-18(12)21(27)28-14-5-3-2-4-6-14)24-11-25(20(17)26)10-13-7-8-15(22)16(23)9-13/h7-9,11,14H,2-6,10H2,1H3. The summed E-state index contributed by atoms with van der Waals surface area (Å²) in [6.07, 6.45) is 6.65. The lowest BCUT2D eigenvalue weighted by atomic mass is 9.98. The van der Waals surface area contributed by atoms with Crippen molar-refractivity contribution < 1.29 is 9.53 Å². The van der Waals surface area contributed by atoms with Crippen LogP contribution in [0.5, 0.6) is 0 Å². The molecule has 8 heteroatoms. The highest BCUT2D eigenvalue weighted by atomic mass is 35.5. The third-order valence-corrected chi connectivity index (χ3v) is 7.18. The first-order chi connectivity index (χ1) is 13.9. The summed E-state index contributed by atoms with van der Waals surface area (Å²) in [5.41, 5.74) is 1.28. The third kappa shape index (κ3) is 4.20. The van der Waals surface area contributed by atoms with Gasteiger partial charge in [-0.15, -0.1) is 11.3 Å². The number of carbonyl (C=O) groups is 1. The van der Waals surface area contributed by atoms with Crippen molar-refractivity contribution in [2.24, 2.45) is 0 Å². The van der Waals surface area contributed by atoms with Gasteiger partial charge in [-0.3, -0.25) is 9.36 Å². The smallest absolute Gasteiger partial charge is 0.348 e. The minimum Gasteiger partial charge on any atom is -0.458 e. The molecule has 2 aromatic heterocycles. The van der Waals surface area contributed by atoms with E-state index in [1.807, 2.05) is 6.07 Å². The minimum absolute atomic E-state index is 0.0277. The fourth-order valence-electron chi connectivity index (χ4n) is 3.69. The number of thiophene rings is 1. The van der Waals surface area contributed by atoms with Crippen molar-refractivity contribution in [3.05, 3.63) is 60.9 Å². The van der Waals surface area contributed by atoms with E-state index in [0.29, 0.717) is 37.2 Å². The molecule has 0 N–H and O–H groups in total. The van der Waals surface area contributed by atoms with Crippen molar-refractivity contribution in [2.45, 2.75) is 51.7 Å². The molecule has 1 fully saturated rings. The molecule has 0 atom stereocenters. The number of hydrogen-bond donors (Lipinski definition) is 0. The molecule has 152 valence electrons. The van der Waals surface area contributed by atoms with E-state index >= 15 is 0 Å². The number of halogens is 2. The van der Waals surface area contributed by atoms with Gasteiger partial charge in [-0.1, -0.05) is 35.7 Å². The second-order valence-electron chi connectivity index (χ2n) is 7.33. The fraction of sp³-hybridized carbons (Fsp3) is 0.381. The molecule has 1 saturated carbocycles. The molecule has 3 aromatic rings. The van der Waals surface area contributed by atoms with E-state index < -0.39 is 0 Å². The van der Waals surface area contributed by atoms with Gasteiger partial charge in [0.05, 0.1) is 28.3 Å². The van der Waals surface area contributed by atoms with Crippen LogP contribution in [0.2, 0.25) is 10.0 Å². The van der Waals surface area contributed by atoms with Gasteiger partial charge < -0.3 is 4.74 Å². The van der Waals surface area contributed by atoms with Gasteiger partial charge in [0.2, 0.25) is 0 Å². The Labute approximate surface area is 182 Å². The number of carbonyl (C=O) groups excluding carboxylic acids is 1. The van der Waals surface area contributed by atoms with Crippen LogP contribution in [0.15, 0.2) is 29.3 Å². The molecule has 0 unspecified atom stereocenters. The van der Waals surface area contributed by atoms with Gasteiger partial charge in [0, 0.05) is 0 Å². The lowest BCUT2D eigenvalue weighted by Crippen LogP contribution is -2.22. The van der Waals surface area contributed by atoms with Crippen molar-refractivity contribution in [1.29, 1.82) is 0 Å². The molecule has 0 saturated heterocycles. The van der Waals surface area contributed by atoms with Crippen LogP contribution < -0.4 is 5.56 Å². The number of rotatable bonds is 4. The molecule has 0 aliphatic heterocycles. The van der Waals surface area contributed by atoms with Crippen molar-refractivity contribution in [1.82, 2.24) is 9.55 Å². The van der Waals surface area contributed by atoms with Crippen molar-refractivity contribution >= 4 is 50.7 Å². The Hall–Kier alpha value is -1.89. The number of benzene rings is 1. The van der Waals surface area contributed by atoms with Crippen LogP contribution >= 0.6 is 34.5 Å². The van der Waals surface area contributed by atoms with Crippen LogP contribution in [0, 0.1) is 6.92 Å². The Morgan fingerprint density at radius 2 is 2.00 bits per heavy atom. The molecule has 0 radical (unpaired) electrons. The normalized spacial score (nSPS) is 15.0. The lowest BCUT2D eigenvalue weighted by molar-refractivity contribution is 0.0216. The second kappa shape index (κ2) is 8.46. The maximum absolute atomic E-state index is 13.0. The number of aromatic nitrogens is 2. The number of ether oxygens (including phenoxy) is 1. The second-order valence-corrected chi connectivity index (χ2v) is 9.14. The zero-order valence-electron chi connectivity index (χ0n) is 15.9. The third-order valence-electron chi connectivity index (χ3n) is 5.27.